The molecule has 0 saturated carbocycles. The van der Waals surface area contributed by atoms with Crippen LogP contribution in [0.4, 0.5) is 0 Å². The van der Waals surface area contributed by atoms with Gasteiger partial charge in [0.25, 0.3) is 0 Å². The van der Waals surface area contributed by atoms with Gasteiger partial charge in [0, 0.05) is 13.2 Å². The van der Waals surface area contributed by atoms with E-state index in [0.29, 0.717) is 6.42 Å². The summed E-state index contributed by atoms with van der Waals surface area (Å²) in [5.41, 5.74) is 2.11. The number of amides is 1. The maximum absolute atomic E-state index is 12.0. The highest BCUT2D eigenvalue weighted by Crippen LogP contribution is 2.15. The van der Waals surface area contributed by atoms with E-state index in [4.69, 9.17) is 0 Å². The quantitative estimate of drug-likeness (QED) is 0.899. The number of carbonyl (C=O) groups is 1. The minimum absolute atomic E-state index is 0.0311. The molecule has 2 heterocycles. The van der Waals surface area contributed by atoms with Crippen molar-refractivity contribution in [2.24, 2.45) is 7.05 Å². The first-order chi connectivity index (χ1) is 8.70. The third-order valence-corrected chi connectivity index (χ3v) is 3.64. The molecule has 1 atom stereocenters. The average molecular weight is 263 g/mol. The van der Waals surface area contributed by atoms with Crippen LogP contribution in [0.25, 0.3) is 0 Å². The van der Waals surface area contributed by atoms with Crippen molar-refractivity contribution in [2.45, 2.75) is 25.8 Å². The Bertz CT molecular complexity index is 504. The second-order valence-corrected chi connectivity index (χ2v) is 5.00. The molecule has 0 aliphatic carbocycles. The fourth-order valence-corrected chi connectivity index (χ4v) is 2.60. The molecule has 4 nitrogen and oxygen atoms in total. The Balaban J connectivity index is 1.98. The number of carbonyl (C=O) groups excluding carboxylic acids is 1. The number of nitrogens with zero attached hydrogens (tertiary/aromatic N) is 2. The van der Waals surface area contributed by atoms with E-state index in [2.05, 4.69) is 17.3 Å². The SMILES string of the molecule is CCC(NC(=O)Cc1ccsc1)c1ccnn1C. The minimum Gasteiger partial charge on any atom is -0.347 e. The smallest absolute Gasteiger partial charge is 0.224 e. The molecule has 2 aromatic heterocycles. The Morgan fingerprint density at radius 1 is 1.56 bits per heavy atom. The summed E-state index contributed by atoms with van der Waals surface area (Å²) in [6.45, 7) is 2.06. The van der Waals surface area contributed by atoms with Crippen LogP contribution in [0.3, 0.4) is 0 Å². The first-order valence-corrected chi connectivity index (χ1v) is 6.93. The van der Waals surface area contributed by atoms with Gasteiger partial charge in [-0.1, -0.05) is 6.92 Å². The van der Waals surface area contributed by atoms with E-state index in [1.165, 1.54) is 0 Å². The lowest BCUT2D eigenvalue weighted by Crippen LogP contribution is -2.30. The Kier molecular flexibility index (Phi) is 4.15. The molecule has 0 saturated heterocycles. The van der Waals surface area contributed by atoms with Crippen molar-refractivity contribution in [1.29, 1.82) is 0 Å². The second-order valence-electron chi connectivity index (χ2n) is 4.22. The van der Waals surface area contributed by atoms with Gasteiger partial charge in [-0.2, -0.15) is 16.4 Å². The van der Waals surface area contributed by atoms with Crippen molar-refractivity contribution in [2.75, 3.05) is 0 Å². The maximum Gasteiger partial charge on any atom is 0.224 e. The molecule has 0 fully saturated rings. The lowest BCUT2D eigenvalue weighted by Gasteiger charge is -2.17. The second kappa shape index (κ2) is 5.82. The molecule has 2 rings (SSSR count). The summed E-state index contributed by atoms with van der Waals surface area (Å²) in [6, 6.07) is 3.96. The summed E-state index contributed by atoms with van der Waals surface area (Å²) >= 11 is 1.61. The zero-order valence-electron chi connectivity index (χ0n) is 10.6. The predicted octanol–water partition coefficient (Wildman–Crippen LogP) is 2.29. The lowest BCUT2D eigenvalue weighted by molar-refractivity contribution is -0.121. The molecule has 1 unspecified atom stereocenters. The maximum atomic E-state index is 12.0. The van der Waals surface area contributed by atoms with Gasteiger partial charge < -0.3 is 5.32 Å². The third kappa shape index (κ3) is 2.98. The number of hydrogen-bond donors (Lipinski definition) is 1. The number of thiophene rings is 1. The van der Waals surface area contributed by atoms with Crippen LogP contribution in [0, 0.1) is 0 Å². The topological polar surface area (TPSA) is 46.9 Å². The van der Waals surface area contributed by atoms with Crippen LogP contribution >= 0.6 is 11.3 Å². The van der Waals surface area contributed by atoms with Crippen molar-refractivity contribution < 1.29 is 4.79 Å². The van der Waals surface area contributed by atoms with Crippen molar-refractivity contribution in [3.63, 3.8) is 0 Å². The Hall–Kier alpha value is -1.62. The Labute approximate surface area is 111 Å². The largest absolute Gasteiger partial charge is 0.347 e. The molecule has 18 heavy (non-hydrogen) atoms. The van der Waals surface area contributed by atoms with E-state index in [0.717, 1.165) is 17.7 Å². The van der Waals surface area contributed by atoms with Crippen LogP contribution < -0.4 is 5.32 Å². The number of aryl methyl sites for hydroxylation is 1. The highest BCUT2D eigenvalue weighted by Gasteiger charge is 2.15. The Morgan fingerprint density at radius 2 is 2.39 bits per heavy atom. The Morgan fingerprint density at radius 3 is 2.94 bits per heavy atom. The number of aromatic nitrogens is 2. The highest BCUT2D eigenvalue weighted by molar-refractivity contribution is 7.07. The molecule has 1 N–H and O–H groups in total. The summed E-state index contributed by atoms with van der Waals surface area (Å²) in [4.78, 5) is 12.0. The molecule has 0 radical (unpaired) electrons. The number of hydrogen-bond acceptors (Lipinski definition) is 3. The van der Waals surface area contributed by atoms with E-state index >= 15 is 0 Å². The van der Waals surface area contributed by atoms with Crippen LogP contribution in [-0.4, -0.2) is 15.7 Å². The molecule has 0 aromatic carbocycles. The molecule has 2 aromatic rings. The van der Waals surface area contributed by atoms with Gasteiger partial charge in [0.15, 0.2) is 0 Å². The summed E-state index contributed by atoms with van der Waals surface area (Å²) < 4.78 is 1.80. The van der Waals surface area contributed by atoms with Crippen LogP contribution in [-0.2, 0) is 18.3 Å². The van der Waals surface area contributed by atoms with Gasteiger partial charge in [-0.15, -0.1) is 0 Å². The monoisotopic (exact) mass is 263 g/mol. The van der Waals surface area contributed by atoms with E-state index in [1.807, 2.05) is 29.9 Å². The minimum atomic E-state index is 0.0311. The van der Waals surface area contributed by atoms with Crippen LogP contribution in [0.15, 0.2) is 29.1 Å². The lowest BCUT2D eigenvalue weighted by atomic mass is 10.1. The summed E-state index contributed by atoms with van der Waals surface area (Å²) in [5, 5.41) is 11.2. The molecule has 0 bridgehead atoms. The molecule has 5 heteroatoms. The van der Waals surface area contributed by atoms with E-state index < -0.39 is 0 Å². The van der Waals surface area contributed by atoms with E-state index in [9.17, 15) is 4.79 Å². The summed E-state index contributed by atoms with van der Waals surface area (Å²) in [5.74, 6) is 0.0569. The third-order valence-electron chi connectivity index (χ3n) is 2.90. The average Bonchev–Trinajstić information content (AvgIpc) is 2.98. The molecule has 1 amide bonds. The van der Waals surface area contributed by atoms with Crippen LogP contribution in [0.2, 0.25) is 0 Å². The molecule has 0 spiro atoms. The molecule has 0 aliphatic heterocycles. The normalized spacial score (nSPS) is 12.3. The van der Waals surface area contributed by atoms with Crippen molar-refractivity contribution in [1.82, 2.24) is 15.1 Å². The number of nitrogens with one attached hydrogen (secondary N) is 1. The summed E-state index contributed by atoms with van der Waals surface area (Å²) in [7, 11) is 1.89. The first-order valence-electron chi connectivity index (χ1n) is 5.99. The van der Waals surface area contributed by atoms with Gasteiger partial charge in [-0.3, -0.25) is 9.48 Å². The summed E-state index contributed by atoms with van der Waals surface area (Å²) in [6.07, 6.45) is 3.05. The van der Waals surface area contributed by atoms with Gasteiger partial charge in [0.1, 0.15) is 0 Å². The van der Waals surface area contributed by atoms with Gasteiger partial charge in [0.05, 0.1) is 18.2 Å². The van der Waals surface area contributed by atoms with Gasteiger partial charge in [-0.05, 0) is 34.9 Å². The standard InChI is InChI=1S/C13H17N3OS/c1-3-11(12-4-6-14-16(12)2)15-13(17)8-10-5-7-18-9-10/h4-7,9,11H,3,8H2,1-2H3,(H,15,17). The van der Waals surface area contributed by atoms with Crippen LogP contribution in [0.1, 0.15) is 30.6 Å². The fraction of sp³-hybridized carbons (Fsp3) is 0.385. The first kappa shape index (κ1) is 12.8. The fourth-order valence-electron chi connectivity index (χ4n) is 1.94. The van der Waals surface area contributed by atoms with E-state index in [1.54, 1.807) is 22.2 Å². The van der Waals surface area contributed by atoms with Crippen molar-refractivity contribution in [3.05, 3.63) is 40.3 Å². The zero-order chi connectivity index (χ0) is 13.0. The van der Waals surface area contributed by atoms with E-state index in [-0.39, 0.29) is 11.9 Å². The van der Waals surface area contributed by atoms with Crippen molar-refractivity contribution >= 4 is 17.2 Å². The van der Waals surface area contributed by atoms with Gasteiger partial charge >= 0.3 is 0 Å². The van der Waals surface area contributed by atoms with Crippen molar-refractivity contribution in [3.8, 4) is 0 Å². The molecular formula is C13H17N3OS. The molecule has 0 aliphatic rings. The molecular weight excluding hydrogens is 246 g/mol. The van der Waals surface area contributed by atoms with Crippen LogP contribution in [0.5, 0.6) is 0 Å². The zero-order valence-corrected chi connectivity index (χ0v) is 11.4. The van der Waals surface area contributed by atoms with Gasteiger partial charge in [-0.25, -0.2) is 0 Å². The number of rotatable bonds is 5. The molecule has 96 valence electrons. The predicted molar refractivity (Wildman–Crippen MR) is 72.4 cm³/mol. The van der Waals surface area contributed by atoms with Gasteiger partial charge in [0.2, 0.25) is 5.91 Å². The highest BCUT2D eigenvalue weighted by atomic mass is 32.1.